The Balaban J connectivity index is 2.33. The molecule has 0 saturated carbocycles. The highest BCUT2D eigenvalue weighted by molar-refractivity contribution is 5.65. The summed E-state index contributed by atoms with van der Waals surface area (Å²) in [6.07, 6.45) is 0. The van der Waals surface area contributed by atoms with Crippen molar-refractivity contribution >= 4 is 0 Å². The molecule has 2 rings (SSSR count). The summed E-state index contributed by atoms with van der Waals surface area (Å²) in [5.41, 5.74) is 5.38. The van der Waals surface area contributed by atoms with Crippen molar-refractivity contribution < 1.29 is 0 Å². The molecule has 1 heteroatoms. The summed E-state index contributed by atoms with van der Waals surface area (Å²) in [6, 6.07) is 17.7. The van der Waals surface area contributed by atoms with E-state index < -0.39 is 0 Å². The highest BCUT2D eigenvalue weighted by Crippen LogP contribution is 2.24. The van der Waals surface area contributed by atoms with Crippen molar-refractivity contribution in [3.8, 4) is 11.1 Å². The van der Waals surface area contributed by atoms with Gasteiger partial charge in [-0.15, -0.1) is 0 Å². The fraction of sp³-hybridized carbons (Fsp3) is 0.333. The third-order valence-corrected chi connectivity index (χ3v) is 3.31. The Morgan fingerprint density at radius 1 is 0.895 bits per heavy atom. The van der Waals surface area contributed by atoms with Crippen LogP contribution >= 0.6 is 0 Å². The van der Waals surface area contributed by atoms with Gasteiger partial charge in [-0.2, -0.15) is 0 Å². The van der Waals surface area contributed by atoms with E-state index in [0.717, 1.165) is 6.54 Å². The predicted molar refractivity (Wildman–Crippen MR) is 83.4 cm³/mol. The highest BCUT2D eigenvalue weighted by atomic mass is 15.0. The molecule has 0 spiro atoms. The summed E-state index contributed by atoms with van der Waals surface area (Å²) < 4.78 is 0. The minimum atomic E-state index is 0.574. The lowest BCUT2D eigenvalue weighted by Crippen LogP contribution is -2.10. The topological polar surface area (TPSA) is 3.24 Å². The van der Waals surface area contributed by atoms with Crippen LogP contribution < -0.4 is 0 Å². The van der Waals surface area contributed by atoms with E-state index in [0.29, 0.717) is 5.92 Å². The van der Waals surface area contributed by atoms with Crippen LogP contribution in [0, 0.1) is 0 Å². The average molecular weight is 253 g/mol. The van der Waals surface area contributed by atoms with Crippen LogP contribution in [0.2, 0.25) is 0 Å². The molecule has 0 bridgehead atoms. The quantitative estimate of drug-likeness (QED) is 0.773. The summed E-state index contributed by atoms with van der Waals surface area (Å²) >= 11 is 0. The maximum absolute atomic E-state index is 2.30. The van der Waals surface area contributed by atoms with Crippen LogP contribution in [0.1, 0.15) is 30.9 Å². The second kappa shape index (κ2) is 6.03. The van der Waals surface area contributed by atoms with Gasteiger partial charge in [0.15, 0.2) is 0 Å². The van der Waals surface area contributed by atoms with Crippen molar-refractivity contribution in [3.63, 3.8) is 0 Å². The molecule has 0 aliphatic carbocycles. The number of benzene rings is 2. The van der Waals surface area contributed by atoms with Crippen molar-refractivity contribution in [1.29, 1.82) is 0 Å². The molecule has 19 heavy (non-hydrogen) atoms. The van der Waals surface area contributed by atoms with Gasteiger partial charge in [-0.1, -0.05) is 56.3 Å². The fourth-order valence-corrected chi connectivity index (χ4v) is 2.29. The first kappa shape index (κ1) is 13.8. The first-order valence-electron chi connectivity index (χ1n) is 6.90. The minimum Gasteiger partial charge on any atom is -0.305 e. The third-order valence-electron chi connectivity index (χ3n) is 3.31. The minimum absolute atomic E-state index is 0.574. The highest BCUT2D eigenvalue weighted by Gasteiger charge is 2.03. The standard InChI is InChI=1S/C18H23N/c1-14(2)16-8-6-10-18(12-16)17-9-5-7-15(11-17)13-19(3)4/h5-12,14H,13H2,1-4H3. The van der Waals surface area contributed by atoms with Gasteiger partial charge in [-0.25, -0.2) is 0 Å². The lowest BCUT2D eigenvalue weighted by molar-refractivity contribution is 0.402. The molecule has 0 aliphatic rings. The van der Waals surface area contributed by atoms with E-state index in [4.69, 9.17) is 0 Å². The van der Waals surface area contributed by atoms with Gasteiger partial charge >= 0.3 is 0 Å². The molecule has 100 valence electrons. The van der Waals surface area contributed by atoms with Crippen molar-refractivity contribution in [3.05, 3.63) is 59.7 Å². The molecular formula is C18H23N. The molecule has 1 nitrogen and oxygen atoms in total. The van der Waals surface area contributed by atoms with Gasteiger partial charge in [-0.05, 0) is 48.3 Å². The Labute approximate surface area is 116 Å². The summed E-state index contributed by atoms with van der Waals surface area (Å²) in [6.45, 7) is 5.46. The Morgan fingerprint density at radius 2 is 1.53 bits per heavy atom. The Kier molecular flexibility index (Phi) is 4.39. The lowest BCUT2D eigenvalue weighted by atomic mass is 9.96. The molecule has 0 N–H and O–H groups in total. The zero-order valence-electron chi connectivity index (χ0n) is 12.4. The molecule has 0 saturated heterocycles. The van der Waals surface area contributed by atoms with Crippen molar-refractivity contribution in [2.24, 2.45) is 0 Å². The lowest BCUT2D eigenvalue weighted by Gasteiger charge is -2.12. The van der Waals surface area contributed by atoms with Crippen molar-refractivity contribution in [2.75, 3.05) is 14.1 Å². The largest absolute Gasteiger partial charge is 0.305 e. The molecule has 0 fully saturated rings. The monoisotopic (exact) mass is 253 g/mol. The van der Waals surface area contributed by atoms with Gasteiger partial charge < -0.3 is 4.90 Å². The van der Waals surface area contributed by atoms with Crippen molar-refractivity contribution in [1.82, 2.24) is 4.90 Å². The maximum atomic E-state index is 2.30. The van der Waals surface area contributed by atoms with E-state index in [1.54, 1.807) is 0 Å². The van der Waals surface area contributed by atoms with Crippen molar-refractivity contribution in [2.45, 2.75) is 26.3 Å². The molecule has 2 aromatic carbocycles. The van der Waals surface area contributed by atoms with E-state index >= 15 is 0 Å². The Bertz CT molecular complexity index is 541. The number of nitrogens with zero attached hydrogens (tertiary/aromatic N) is 1. The summed E-state index contributed by atoms with van der Waals surface area (Å²) in [5, 5.41) is 0. The maximum Gasteiger partial charge on any atom is 0.0227 e. The molecule has 0 aliphatic heterocycles. The second-order valence-electron chi connectivity index (χ2n) is 5.72. The smallest absolute Gasteiger partial charge is 0.0227 e. The second-order valence-corrected chi connectivity index (χ2v) is 5.72. The van der Waals surface area contributed by atoms with Crippen LogP contribution in [-0.4, -0.2) is 19.0 Å². The fourth-order valence-electron chi connectivity index (χ4n) is 2.29. The number of hydrogen-bond acceptors (Lipinski definition) is 1. The van der Waals surface area contributed by atoms with Crippen LogP contribution in [0.4, 0.5) is 0 Å². The van der Waals surface area contributed by atoms with E-state index in [2.05, 4.69) is 81.4 Å². The molecule has 0 amide bonds. The van der Waals surface area contributed by atoms with Gasteiger partial charge in [-0.3, -0.25) is 0 Å². The molecule has 2 aromatic rings. The van der Waals surface area contributed by atoms with Crippen LogP contribution in [0.3, 0.4) is 0 Å². The van der Waals surface area contributed by atoms with E-state index in [1.807, 2.05) is 0 Å². The van der Waals surface area contributed by atoms with Gasteiger partial charge in [0.2, 0.25) is 0 Å². The molecule has 0 radical (unpaired) electrons. The first-order valence-corrected chi connectivity index (χ1v) is 6.90. The summed E-state index contributed by atoms with van der Waals surface area (Å²) in [5.74, 6) is 0.574. The van der Waals surface area contributed by atoms with E-state index in [-0.39, 0.29) is 0 Å². The number of rotatable bonds is 4. The molecule has 0 heterocycles. The van der Waals surface area contributed by atoms with Crippen LogP contribution in [0.5, 0.6) is 0 Å². The van der Waals surface area contributed by atoms with Gasteiger partial charge in [0, 0.05) is 6.54 Å². The predicted octanol–water partition coefficient (Wildman–Crippen LogP) is 4.54. The summed E-state index contributed by atoms with van der Waals surface area (Å²) in [7, 11) is 4.21. The normalized spacial score (nSPS) is 11.3. The third kappa shape index (κ3) is 3.68. The van der Waals surface area contributed by atoms with Crippen LogP contribution in [-0.2, 0) is 6.54 Å². The zero-order valence-corrected chi connectivity index (χ0v) is 12.4. The van der Waals surface area contributed by atoms with Gasteiger partial charge in [0.25, 0.3) is 0 Å². The number of hydrogen-bond donors (Lipinski definition) is 0. The SMILES string of the molecule is CC(C)c1cccc(-c2cccc(CN(C)C)c2)c1. The molecule has 0 unspecified atom stereocenters. The average Bonchev–Trinajstić information content (AvgIpc) is 2.38. The Hall–Kier alpha value is -1.60. The first-order chi connectivity index (χ1) is 9.06. The van der Waals surface area contributed by atoms with E-state index in [1.165, 1.54) is 22.3 Å². The molecule has 0 atom stereocenters. The Morgan fingerprint density at radius 3 is 2.16 bits per heavy atom. The zero-order chi connectivity index (χ0) is 13.8. The molecular weight excluding hydrogens is 230 g/mol. The van der Waals surface area contributed by atoms with Crippen LogP contribution in [0.25, 0.3) is 11.1 Å². The van der Waals surface area contributed by atoms with Gasteiger partial charge in [0.05, 0.1) is 0 Å². The van der Waals surface area contributed by atoms with E-state index in [9.17, 15) is 0 Å². The summed E-state index contributed by atoms with van der Waals surface area (Å²) in [4.78, 5) is 2.20. The van der Waals surface area contributed by atoms with Crippen LogP contribution in [0.15, 0.2) is 48.5 Å². The molecule has 0 aromatic heterocycles. The van der Waals surface area contributed by atoms with Gasteiger partial charge in [0.1, 0.15) is 0 Å².